The molecule has 1 rings (SSSR count). The van der Waals surface area contributed by atoms with E-state index >= 15 is 0 Å². The van der Waals surface area contributed by atoms with E-state index in [9.17, 15) is 13.9 Å². The number of hydrogen-bond acceptors (Lipinski definition) is 2. The molecule has 0 aliphatic heterocycles. The molecule has 0 spiro atoms. The van der Waals surface area contributed by atoms with Crippen LogP contribution in [0.4, 0.5) is 8.78 Å². The predicted molar refractivity (Wildman–Crippen MR) is 59.1 cm³/mol. The van der Waals surface area contributed by atoms with Crippen molar-refractivity contribution in [3.63, 3.8) is 0 Å². The van der Waals surface area contributed by atoms with Crippen LogP contribution in [-0.2, 0) is 5.60 Å². The minimum absolute atomic E-state index is 0.0175. The van der Waals surface area contributed by atoms with Gasteiger partial charge in [0.25, 0.3) is 0 Å². The third kappa shape index (κ3) is 3.00. The average Bonchev–Trinajstić information content (AvgIpc) is 2.22. The maximum atomic E-state index is 13.4. The molecule has 0 radical (unpaired) electrons. The van der Waals surface area contributed by atoms with E-state index in [1.807, 2.05) is 6.92 Å². The van der Waals surface area contributed by atoms with Crippen LogP contribution in [0.5, 0.6) is 0 Å². The number of nitrogens with one attached hydrogen (secondary N) is 1. The van der Waals surface area contributed by atoms with Gasteiger partial charge < -0.3 is 10.4 Å². The Labute approximate surface area is 94.3 Å². The number of hydrogen-bond donors (Lipinski definition) is 2. The Hall–Kier alpha value is -1.00. The van der Waals surface area contributed by atoms with Crippen molar-refractivity contribution < 1.29 is 13.9 Å². The molecule has 0 saturated heterocycles. The van der Waals surface area contributed by atoms with Gasteiger partial charge in [0.15, 0.2) is 11.6 Å². The second kappa shape index (κ2) is 5.37. The first kappa shape index (κ1) is 13.1. The van der Waals surface area contributed by atoms with Crippen LogP contribution >= 0.6 is 0 Å². The fourth-order valence-electron chi connectivity index (χ4n) is 1.52. The van der Waals surface area contributed by atoms with Crippen molar-refractivity contribution in [2.24, 2.45) is 0 Å². The van der Waals surface area contributed by atoms with Crippen LogP contribution < -0.4 is 5.32 Å². The molecule has 4 heteroatoms. The molecular weight excluding hydrogens is 212 g/mol. The SMILES string of the molecule is CCCNCC(C)(O)c1cccc(F)c1F. The van der Waals surface area contributed by atoms with E-state index in [-0.39, 0.29) is 12.1 Å². The predicted octanol–water partition coefficient (Wildman–Crippen LogP) is 2.17. The fourth-order valence-corrected chi connectivity index (χ4v) is 1.52. The minimum atomic E-state index is -1.40. The average molecular weight is 229 g/mol. The molecule has 1 unspecified atom stereocenters. The number of benzene rings is 1. The minimum Gasteiger partial charge on any atom is -0.384 e. The van der Waals surface area contributed by atoms with Gasteiger partial charge in [0.2, 0.25) is 0 Å². The van der Waals surface area contributed by atoms with Crippen LogP contribution in [0.2, 0.25) is 0 Å². The highest BCUT2D eigenvalue weighted by atomic mass is 19.2. The smallest absolute Gasteiger partial charge is 0.164 e. The summed E-state index contributed by atoms with van der Waals surface area (Å²) in [5.41, 5.74) is -1.42. The third-order valence-electron chi connectivity index (χ3n) is 2.43. The number of aliphatic hydroxyl groups is 1. The van der Waals surface area contributed by atoms with Crippen molar-refractivity contribution >= 4 is 0 Å². The van der Waals surface area contributed by atoms with Gasteiger partial charge in [-0.25, -0.2) is 8.78 Å². The van der Waals surface area contributed by atoms with Gasteiger partial charge in [-0.1, -0.05) is 19.1 Å². The van der Waals surface area contributed by atoms with Crippen LogP contribution in [-0.4, -0.2) is 18.2 Å². The molecular formula is C12H17F2NO. The molecule has 0 amide bonds. The lowest BCUT2D eigenvalue weighted by Crippen LogP contribution is -2.36. The van der Waals surface area contributed by atoms with E-state index < -0.39 is 17.2 Å². The normalized spacial score (nSPS) is 14.8. The van der Waals surface area contributed by atoms with Gasteiger partial charge in [-0.15, -0.1) is 0 Å². The topological polar surface area (TPSA) is 32.3 Å². The Morgan fingerprint density at radius 3 is 2.69 bits per heavy atom. The van der Waals surface area contributed by atoms with E-state index in [1.54, 1.807) is 0 Å². The van der Waals surface area contributed by atoms with Crippen LogP contribution in [0.3, 0.4) is 0 Å². The van der Waals surface area contributed by atoms with E-state index in [0.29, 0.717) is 0 Å². The van der Waals surface area contributed by atoms with E-state index in [4.69, 9.17) is 0 Å². The van der Waals surface area contributed by atoms with Gasteiger partial charge in [0.1, 0.15) is 5.60 Å². The van der Waals surface area contributed by atoms with Crippen molar-refractivity contribution in [2.75, 3.05) is 13.1 Å². The molecule has 2 nitrogen and oxygen atoms in total. The lowest BCUT2D eigenvalue weighted by Gasteiger charge is -2.24. The van der Waals surface area contributed by atoms with Crippen LogP contribution in [0.25, 0.3) is 0 Å². The first-order valence-corrected chi connectivity index (χ1v) is 5.36. The molecule has 0 heterocycles. The largest absolute Gasteiger partial charge is 0.384 e. The Morgan fingerprint density at radius 2 is 2.06 bits per heavy atom. The maximum Gasteiger partial charge on any atom is 0.164 e. The zero-order chi connectivity index (χ0) is 12.2. The van der Waals surface area contributed by atoms with Gasteiger partial charge in [-0.2, -0.15) is 0 Å². The summed E-state index contributed by atoms with van der Waals surface area (Å²) < 4.78 is 26.4. The summed E-state index contributed by atoms with van der Waals surface area (Å²) in [5.74, 6) is -1.92. The molecule has 0 fully saturated rings. The first-order chi connectivity index (χ1) is 7.49. The molecule has 1 aromatic carbocycles. The van der Waals surface area contributed by atoms with E-state index in [0.717, 1.165) is 19.0 Å². The lowest BCUT2D eigenvalue weighted by molar-refractivity contribution is 0.0527. The van der Waals surface area contributed by atoms with Gasteiger partial charge >= 0.3 is 0 Å². The quantitative estimate of drug-likeness (QED) is 0.758. The molecule has 0 saturated carbocycles. The van der Waals surface area contributed by atoms with E-state index in [1.165, 1.54) is 19.1 Å². The van der Waals surface area contributed by atoms with Crippen LogP contribution in [0, 0.1) is 11.6 Å². The Kier molecular flexibility index (Phi) is 4.38. The number of rotatable bonds is 5. The summed E-state index contributed by atoms with van der Waals surface area (Å²) in [6, 6.07) is 3.82. The lowest BCUT2D eigenvalue weighted by atomic mass is 9.95. The summed E-state index contributed by atoms with van der Waals surface area (Å²) in [4.78, 5) is 0. The highest BCUT2D eigenvalue weighted by molar-refractivity contribution is 5.25. The molecule has 0 aliphatic carbocycles. The molecule has 2 N–H and O–H groups in total. The molecule has 0 bridgehead atoms. The molecule has 1 aromatic rings. The monoisotopic (exact) mass is 229 g/mol. The highest BCUT2D eigenvalue weighted by Gasteiger charge is 2.27. The second-order valence-corrected chi connectivity index (χ2v) is 4.05. The Balaban J connectivity index is 2.84. The Bertz CT molecular complexity index is 353. The number of halogens is 2. The molecule has 0 aromatic heterocycles. The molecule has 90 valence electrons. The standard InChI is InChI=1S/C12H17F2NO/c1-3-7-15-8-12(2,16)9-5-4-6-10(13)11(9)14/h4-6,15-16H,3,7-8H2,1-2H3. The summed E-state index contributed by atoms with van der Waals surface area (Å²) in [6.07, 6.45) is 0.918. The van der Waals surface area contributed by atoms with Gasteiger partial charge in [0.05, 0.1) is 0 Å². The summed E-state index contributed by atoms with van der Waals surface area (Å²) in [6.45, 7) is 4.38. The van der Waals surface area contributed by atoms with Gasteiger partial charge in [0, 0.05) is 12.1 Å². The van der Waals surface area contributed by atoms with Crippen LogP contribution in [0.1, 0.15) is 25.8 Å². The van der Waals surface area contributed by atoms with Crippen molar-refractivity contribution in [1.82, 2.24) is 5.32 Å². The van der Waals surface area contributed by atoms with Gasteiger partial charge in [-0.05, 0) is 26.0 Å². The van der Waals surface area contributed by atoms with Crippen LogP contribution in [0.15, 0.2) is 18.2 Å². The summed E-state index contributed by atoms with van der Waals surface area (Å²) in [7, 11) is 0. The van der Waals surface area contributed by atoms with Crippen molar-refractivity contribution in [3.8, 4) is 0 Å². The van der Waals surface area contributed by atoms with Crippen molar-refractivity contribution in [3.05, 3.63) is 35.4 Å². The zero-order valence-electron chi connectivity index (χ0n) is 9.56. The van der Waals surface area contributed by atoms with E-state index in [2.05, 4.69) is 5.32 Å². The third-order valence-corrected chi connectivity index (χ3v) is 2.43. The first-order valence-electron chi connectivity index (χ1n) is 5.36. The molecule has 1 atom stereocenters. The van der Waals surface area contributed by atoms with Gasteiger partial charge in [-0.3, -0.25) is 0 Å². The summed E-state index contributed by atoms with van der Waals surface area (Å²) >= 11 is 0. The summed E-state index contributed by atoms with van der Waals surface area (Å²) in [5, 5.41) is 13.0. The Morgan fingerprint density at radius 1 is 1.38 bits per heavy atom. The zero-order valence-corrected chi connectivity index (χ0v) is 9.56. The van der Waals surface area contributed by atoms with Crippen molar-refractivity contribution in [1.29, 1.82) is 0 Å². The highest BCUT2D eigenvalue weighted by Crippen LogP contribution is 2.24. The molecule has 0 aliphatic rings. The second-order valence-electron chi connectivity index (χ2n) is 4.05. The van der Waals surface area contributed by atoms with Crippen molar-refractivity contribution in [2.45, 2.75) is 25.9 Å². The molecule has 16 heavy (non-hydrogen) atoms. The fraction of sp³-hybridized carbons (Fsp3) is 0.500. The maximum absolute atomic E-state index is 13.4.